The number of imidazole rings is 1. The average molecular weight is 394 g/mol. The number of amides is 1. The minimum Gasteiger partial charge on any atom is -0.355 e. The van der Waals surface area contributed by atoms with Crippen molar-refractivity contribution in [2.24, 2.45) is 0 Å². The van der Waals surface area contributed by atoms with E-state index in [4.69, 9.17) is 9.51 Å². The van der Waals surface area contributed by atoms with Gasteiger partial charge in [0.05, 0.1) is 22.0 Å². The van der Waals surface area contributed by atoms with Gasteiger partial charge in [0.1, 0.15) is 11.3 Å². The minimum absolute atomic E-state index is 0.0538. The lowest BCUT2D eigenvalue weighted by Crippen LogP contribution is -2.24. The maximum atomic E-state index is 12.4. The van der Waals surface area contributed by atoms with Gasteiger partial charge in [0.25, 0.3) is 5.91 Å². The Labute approximate surface area is 172 Å². The third-order valence-electron chi connectivity index (χ3n) is 5.68. The van der Waals surface area contributed by atoms with E-state index in [1.807, 2.05) is 42.5 Å². The van der Waals surface area contributed by atoms with E-state index < -0.39 is 0 Å². The molecule has 0 bridgehead atoms. The van der Waals surface area contributed by atoms with Gasteiger partial charge in [-0.3, -0.25) is 4.79 Å². The molecule has 5 aromatic rings. The van der Waals surface area contributed by atoms with E-state index in [0.717, 1.165) is 44.6 Å². The van der Waals surface area contributed by atoms with Crippen LogP contribution < -0.4 is 5.32 Å². The molecule has 0 unspecified atom stereocenters. The maximum Gasteiger partial charge on any atom is 0.253 e. The first kappa shape index (κ1) is 17.0. The molecule has 3 aromatic carbocycles. The van der Waals surface area contributed by atoms with E-state index in [2.05, 4.69) is 40.2 Å². The van der Waals surface area contributed by atoms with Gasteiger partial charge in [-0.2, -0.15) is 0 Å². The summed E-state index contributed by atoms with van der Waals surface area (Å²) in [7, 11) is 0. The van der Waals surface area contributed by atoms with Gasteiger partial charge in [-0.15, -0.1) is 0 Å². The second-order valence-electron chi connectivity index (χ2n) is 7.63. The topological polar surface area (TPSA) is 73.0 Å². The number of para-hydroxylation sites is 1. The zero-order valence-corrected chi connectivity index (χ0v) is 16.3. The number of aryl methyl sites for hydroxylation is 1. The molecule has 0 aliphatic carbocycles. The summed E-state index contributed by atoms with van der Waals surface area (Å²) in [5.74, 6) is 1.53. The van der Waals surface area contributed by atoms with Crippen LogP contribution >= 0.6 is 0 Å². The summed E-state index contributed by atoms with van der Waals surface area (Å²) in [5.41, 5.74) is 6.32. The molecule has 0 saturated carbocycles. The number of benzene rings is 3. The van der Waals surface area contributed by atoms with Gasteiger partial charge in [0, 0.05) is 24.2 Å². The van der Waals surface area contributed by atoms with Crippen LogP contribution in [0.3, 0.4) is 0 Å². The number of carbonyl (C=O) groups excluding carboxylic acids is 1. The highest BCUT2D eigenvalue weighted by atomic mass is 16.5. The third-order valence-corrected chi connectivity index (χ3v) is 5.68. The van der Waals surface area contributed by atoms with Gasteiger partial charge >= 0.3 is 0 Å². The molecule has 0 saturated heterocycles. The molecular weight excluding hydrogens is 376 g/mol. The Morgan fingerprint density at radius 1 is 1.00 bits per heavy atom. The minimum atomic E-state index is -0.0538. The van der Waals surface area contributed by atoms with Gasteiger partial charge < -0.3 is 14.4 Å². The van der Waals surface area contributed by atoms with Gasteiger partial charge in [-0.05, 0) is 37.3 Å². The predicted molar refractivity (Wildman–Crippen MR) is 115 cm³/mol. The lowest BCUT2D eigenvalue weighted by Gasteiger charge is -2.07. The van der Waals surface area contributed by atoms with E-state index in [1.165, 1.54) is 5.56 Å². The van der Waals surface area contributed by atoms with Crippen LogP contribution in [0.5, 0.6) is 0 Å². The lowest BCUT2D eigenvalue weighted by atomic mass is 10.0. The molecule has 2 aromatic heterocycles. The van der Waals surface area contributed by atoms with E-state index in [9.17, 15) is 4.79 Å². The normalized spacial score (nSPS) is 13.6. The Kier molecular flexibility index (Phi) is 3.56. The van der Waals surface area contributed by atoms with Crippen molar-refractivity contribution in [2.75, 3.05) is 6.54 Å². The van der Waals surface area contributed by atoms with Crippen molar-refractivity contribution in [3.63, 3.8) is 0 Å². The molecule has 1 aliphatic heterocycles. The van der Waals surface area contributed by atoms with Crippen LogP contribution in [0.25, 0.3) is 44.6 Å². The standard InChI is InChI=1S/C24H18N4O2/c1-14-5-7-15(8-6-14)22-18-13-16(9-10-19(18)27-30-22)23-26-20-4-2-3-17-21(20)28(23)12-11-25-24(17)29/h2-10,13H,11-12H2,1H3,(H,25,29). The fourth-order valence-corrected chi connectivity index (χ4v) is 4.18. The van der Waals surface area contributed by atoms with Crippen molar-refractivity contribution in [3.8, 4) is 22.7 Å². The summed E-state index contributed by atoms with van der Waals surface area (Å²) >= 11 is 0. The van der Waals surface area contributed by atoms with Crippen molar-refractivity contribution >= 4 is 27.8 Å². The number of nitrogens with one attached hydrogen (secondary N) is 1. The highest BCUT2D eigenvalue weighted by Crippen LogP contribution is 2.34. The van der Waals surface area contributed by atoms with Crippen LogP contribution in [0.1, 0.15) is 15.9 Å². The molecule has 146 valence electrons. The van der Waals surface area contributed by atoms with Crippen LogP contribution in [-0.2, 0) is 6.54 Å². The molecule has 30 heavy (non-hydrogen) atoms. The molecule has 6 heteroatoms. The van der Waals surface area contributed by atoms with Crippen LogP contribution in [0.15, 0.2) is 65.2 Å². The number of nitrogens with zero attached hydrogens (tertiary/aromatic N) is 3. The van der Waals surface area contributed by atoms with E-state index in [-0.39, 0.29) is 5.91 Å². The Bertz CT molecular complexity index is 1440. The monoisotopic (exact) mass is 394 g/mol. The quantitative estimate of drug-likeness (QED) is 0.476. The number of hydrogen-bond donors (Lipinski definition) is 1. The zero-order chi connectivity index (χ0) is 20.2. The van der Waals surface area contributed by atoms with E-state index in [0.29, 0.717) is 18.7 Å². The number of carbonyl (C=O) groups is 1. The SMILES string of the molecule is Cc1ccc(-c2onc3ccc(-c4nc5cccc6c5n4CCNC6=O)cc23)cc1. The van der Waals surface area contributed by atoms with Crippen LogP contribution in [-0.4, -0.2) is 27.2 Å². The summed E-state index contributed by atoms with van der Waals surface area (Å²) in [4.78, 5) is 17.3. The summed E-state index contributed by atoms with van der Waals surface area (Å²) < 4.78 is 7.81. The van der Waals surface area contributed by atoms with Crippen molar-refractivity contribution in [2.45, 2.75) is 13.5 Å². The summed E-state index contributed by atoms with van der Waals surface area (Å²) in [6.45, 7) is 3.29. The van der Waals surface area contributed by atoms with Crippen LogP contribution in [0, 0.1) is 6.92 Å². The summed E-state index contributed by atoms with van der Waals surface area (Å²) in [5, 5.41) is 8.14. The lowest BCUT2D eigenvalue weighted by molar-refractivity contribution is 0.0956. The van der Waals surface area contributed by atoms with Crippen molar-refractivity contribution in [1.29, 1.82) is 0 Å². The van der Waals surface area contributed by atoms with Crippen molar-refractivity contribution < 1.29 is 9.32 Å². The summed E-state index contributed by atoms with van der Waals surface area (Å²) in [6.07, 6.45) is 0. The van der Waals surface area contributed by atoms with Crippen LogP contribution in [0.2, 0.25) is 0 Å². The fraction of sp³-hybridized carbons (Fsp3) is 0.125. The first-order chi connectivity index (χ1) is 14.7. The smallest absolute Gasteiger partial charge is 0.253 e. The largest absolute Gasteiger partial charge is 0.355 e. The number of rotatable bonds is 2. The first-order valence-electron chi connectivity index (χ1n) is 9.93. The predicted octanol–water partition coefficient (Wildman–Crippen LogP) is 4.56. The molecule has 6 rings (SSSR count). The summed E-state index contributed by atoms with van der Waals surface area (Å²) in [6, 6.07) is 19.9. The molecule has 0 atom stereocenters. The van der Waals surface area contributed by atoms with Gasteiger partial charge in [-0.1, -0.05) is 41.1 Å². The highest BCUT2D eigenvalue weighted by molar-refractivity contribution is 6.06. The Morgan fingerprint density at radius 2 is 1.83 bits per heavy atom. The van der Waals surface area contributed by atoms with Gasteiger partial charge in [0.2, 0.25) is 0 Å². The highest BCUT2D eigenvalue weighted by Gasteiger charge is 2.22. The van der Waals surface area contributed by atoms with Crippen LogP contribution in [0.4, 0.5) is 0 Å². The molecule has 1 amide bonds. The van der Waals surface area contributed by atoms with Gasteiger partial charge in [-0.25, -0.2) is 4.98 Å². The molecule has 0 spiro atoms. The second-order valence-corrected chi connectivity index (χ2v) is 7.63. The Morgan fingerprint density at radius 3 is 2.70 bits per heavy atom. The van der Waals surface area contributed by atoms with E-state index in [1.54, 1.807) is 0 Å². The van der Waals surface area contributed by atoms with Gasteiger partial charge in [0.15, 0.2) is 5.76 Å². The second kappa shape index (κ2) is 6.29. The molecule has 1 N–H and O–H groups in total. The zero-order valence-electron chi connectivity index (χ0n) is 16.3. The molecule has 0 radical (unpaired) electrons. The number of fused-ring (bicyclic) bond motifs is 1. The third kappa shape index (κ3) is 2.47. The molecular formula is C24H18N4O2. The maximum absolute atomic E-state index is 12.4. The molecule has 3 heterocycles. The Balaban J connectivity index is 1.57. The average Bonchev–Trinajstić information content (AvgIpc) is 3.30. The number of aromatic nitrogens is 3. The van der Waals surface area contributed by atoms with Crippen molar-refractivity contribution in [3.05, 3.63) is 71.8 Å². The molecule has 6 nitrogen and oxygen atoms in total. The fourth-order valence-electron chi connectivity index (χ4n) is 4.18. The van der Waals surface area contributed by atoms with E-state index >= 15 is 0 Å². The molecule has 1 aliphatic rings. The van der Waals surface area contributed by atoms with Crippen molar-refractivity contribution in [1.82, 2.24) is 20.0 Å². The Hall–Kier alpha value is -3.93. The first-order valence-corrected chi connectivity index (χ1v) is 9.93. The molecule has 0 fully saturated rings. The number of hydrogen-bond acceptors (Lipinski definition) is 4.